The van der Waals surface area contributed by atoms with Gasteiger partial charge in [0.05, 0.1) is 6.54 Å². The molecule has 0 radical (unpaired) electrons. The van der Waals surface area contributed by atoms with Gasteiger partial charge in [0, 0.05) is 10.4 Å². The summed E-state index contributed by atoms with van der Waals surface area (Å²) in [4.78, 5) is 40.2. The molecular formula is C22H26N2O3S. The van der Waals surface area contributed by atoms with E-state index in [1.54, 1.807) is 6.92 Å². The Hall–Kier alpha value is -2.47. The van der Waals surface area contributed by atoms with Crippen LogP contribution in [0.15, 0.2) is 35.7 Å². The predicted molar refractivity (Wildman–Crippen MR) is 111 cm³/mol. The zero-order valence-corrected chi connectivity index (χ0v) is 17.7. The summed E-state index contributed by atoms with van der Waals surface area (Å²) < 4.78 is 0. The molecule has 6 heteroatoms. The lowest BCUT2D eigenvalue weighted by molar-refractivity contribution is -0.130. The van der Waals surface area contributed by atoms with Gasteiger partial charge in [-0.15, -0.1) is 11.3 Å². The summed E-state index contributed by atoms with van der Waals surface area (Å²) in [7, 11) is 0. The molecule has 148 valence electrons. The fourth-order valence-corrected chi connectivity index (χ4v) is 4.31. The van der Waals surface area contributed by atoms with Crippen molar-refractivity contribution in [2.24, 2.45) is 0 Å². The zero-order valence-electron chi connectivity index (χ0n) is 16.9. The second-order valence-electron chi connectivity index (χ2n) is 8.00. The Kier molecular flexibility index (Phi) is 5.44. The standard InChI is InChI=1S/C22H26N2O3S/c1-13(2)15-8-9-16(17(11-15)14(3)4)18(25)12-24-20(26)22(5,23-21(24)27)19-7-6-10-28-19/h6-11,13-14H,12H2,1-5H3,(H,23,27). The van der Waals surface area contributed by atoms with Crippen LogP contribution >= 0.6 is 11.3 Å². The number of carbonyl (C=O) groups excluding carboxylic acids is 3. The number of benzene rings is 1. The zero-order chi connectivity index (χ0) is 20.6. The van der Waals surface area contributed by atoms with E-state index in [4.69, 9.17) is 0 Å². The first-order valence-corrected chi connectivity index (χ1v) is 10.4. The highest BCUT2D eigenvalue weighted by molar-refractivity contribution is 7.10. The average Bonchev–Trinajstić information content (AvgIpc) is 3.25. The maximum atomic E-state index is 13.0. The Labute approximate surface area is 169 Å². The minimum Gasteiger partial charge on any atom is -0.319 e. The van der Waals surface area contributed by atoms with Crippen molar-refractivity contribution in [3.8, 4) is 0 Å². The van der Waals surface area contributed by atoms with Crippen LogP contribution in [0.25, 0.3) is 0 Å². The van der Waals surface area contributed by atoms with E-state index in [0.29, 0.717) is 11.5 Å². The summed E-state index contributed by atoms with van der Waals surface area (Å²) in [6, 6.07) is 8.96. The van der Waals surface area contributed by atoms with E-state index in [9.17, 15) is 14.4 Å². The summed E-state index contributed by atoms with van der Waals surface area (Å²) in [5.41, 5.74) is 1.57. The van der Waals surface area contributed by atoms with Crippen LogP contribution < -0.4 is 5.32 Å². The molecule has 1 aromatic carbocycles. The molecule has 0 saturated carbocycles. The first-order valence-electron chi connectivity index (χ1n) is 9.50. The van der Waals surface area contributed by atoms with Crippen LogP contribution in [0.3, 0.4) is 0 Å². The SMILES string of the molecule is CC(C)c1ccc(C(=O)CN2C(=O)NC(C)(c3cccs3)C2=O)c(C(C)C)c1. The van der Waals surface area contributed by atoms with Gasteiger partial charge in [-0.05, 0) is 41.3 Å². The third-order valence-electron chi connectivity index (χ3n) is 5.26. The molecule has 1 aliphatic heterocycles. The topological polar surface area (TPSA) is 66.5 Å². The lowest BCUT2D eigenvalue weighted by atomic mass is 9.90. The highest BCUT2D eigenvalue weighted by Crippen LogP contribution is 2.32. The van der Waals surface area contributed by atoms with E-state index < -0.39 is 17.5 Å². The summed E-state index contributed by atoms with van der Waals surface area (Å²) in [5.74, 6) is -0.0904. The lowest BCUT2D eigenvalue weighted by Gasteiger charge is -2.20. The molecular weight excluding hydrogens is 372 g/mol. The molecule has 1 aliphatic rings. The van der Waals surface area contributed by atoms with Gasteiger partial charge in [0.25, 0.3) is 5.91 Å². The van der Waals surface area contributed by atoms with Gasteiger partial charge in [-0.2, -0.15) is 0 Å². The van der Waals surface area contributed by atoms with E-state index in [1.807, 2.05) is 43.5 Å². The number of imide groups is 1. The summed E-state index contributed by atoms with van der Waals surface area (Å²) >= 11 is 1.41. The van der Waals surface area contributed by atoms with Crippen molar-refractivity contribution in [3.63, 3.8) is 0 Å². The molecule has 1 atom stereocenters. The predicted octanol–water partition coefficient (Wildman–Crippen LogP) is 4.64. The number of carbonyl (C=O) groups is 3. The summed E-state index contributed by atoms with van der Waals surface area (Å²) in [5, 5.41) is 4.61. The van der Waals surface area contributed by atoms with Crippen LogP contribution in [0, 0.1) is 0 Å². The number of nitrogens with one attached hydrogen (secondary N) is 1. The molecule has 1 fully saturated rings. The molecule has 2 heterocycles. The van der Waals surface area contributed by atoms with Gasteiger partial charge in [-0.1, -0.05) is 52.0 Å². The molecule has 1 N–H and O–H groups in total. The molecule has 0 aliphatic carbocycles. The number of amides is 3. The number of ketones is 1. The van der Waals surface area contributed by atoms with Crippen LogP contribution in [-0.4, -0.2) is 29.2 Å². The van der Waals surface area contributed by atoms with Gasteiger partial charge >= 0.3 is 6.03 Å². The molecule has 1 unspecified atom stereocenters. The normalized spacial score (nSPS) is 19.6. The van der Waals surface area contributed by atoms with Crippen LogP contribution in [0.1, 0.15) is 72.8 Å². The second-order valence-corrected chi connectivity index (χ2v) is 8.95. The molecule has 3 rings (SSSR count). The van der Waals surface area contributed by atoms with E-state index in [2.05, 4.69) is 25.2 Å². The number of hydrogen-bond donors (Lipinski definition) is 1. The van der Waals surface area contributed by atoms with Crippen molar-refractivity contribution in [1.29, 1.82) is 0 Å². The monoisotopic (exact) mass is 398 g/mol. The van der Waals surface area contributed by atoms with Crippen molar-refractivity contribution in [1.82, 2.24) is 10.2 Å². The lowest BCUT2D eigenvalue weighted by Crippen LogP contribution is -2.41. The number of Topliss-reactive ketones (excluding diaryl/α,β-unsaturated/α-hetero) is 1. The van der Waals surface area contributed by atoms with Crippen molar-refractivity contribution in [3.05, 3.63) is 57.3 Å². The van der Waals surface area contributed by atoms with Crippen molar-refractivity contribution < 1.29 is 14.4 Å². The number of thiophene rings is 1. The fourth-order valence-electron chi connectivity index (χ4n) is 3.47. The number of hydrogen-bond acceptors (Lipinski definition) is 4. The molecule has 0 bridgehead atoms. The van der Waals surface area contributed by atoms with E-state index in [-0.39, 0.29) is 18.2 Å². The maximum absolute atomic E-state index is 13.0. The third kappa shape index (κ3) is 3.49. The average molecular weight is 399 g/mol. The highest BCUT2D eigenvalue weighted by Gasteiger charge is 2.50. The Morgan fingerprint density at radius 3 is 2.43 bits per heavy atom. The number of urea groups is 1. The maximum Gasteiger partial charge on any atom is 0.325 e. The largest absolute Gasteiger partial charge is 0.325 e. The van der Waals surface area contributed by atoms with Crippen LogP contribution in [0.5, 0.6) is 0 Å². The Morgan fingerprint density at radius 1 is 1.14 bits per heavy atom. The Balaban J connectivity index is 1.87. The third-order valence-corrected chi connectivity index (χ3v) is 6.35. The fraction of sp³-hybridized carbons (Fsp3) is 0.409. The molecule has 1 aromatic heterocycles. The minimum atomic E-state index is -1.12. The Morgan fingerprint density at radius 2 is 1.86 bits per heavy atom. The molecule has 1 saturated heterocycles. The molecule has 28 heavy (non-hydrogen) atoms. The minimum absolute atomic E-state index is 0.164. The smallest absolute Gasteiger partial charge is 0.319 e. The van der Waals surface area contributed by atoms with Crippen molar-refractivity contribution in [2.45, 2.75) is 52.0 Å². The summed E-state index contributed by atoms with van der Waals surface area (Å²) in [6.45, 7) is 9.72. The highest BCUT2D eigenvalue weighted by atomic mass is 32.1. The Bertz CT molecular complexity index is 918. The van der Waals surface area contributed by atoms with Crippen molar-refractivity contribution in [2.75, 3.05) is 6.54 Å². The molecule has 2 aromatic rings. The molecule has 5 nitrogen and oxygen atoms in total. The number of nitrogens with zero attached hydrogens (tertiary/aromatic N) is 1. The van der Waals surface area contributed by atoms with Crippen LogP contribution in [0.4, 0.5) is 4.79 Å². The van der Waals surface area contributed by atoms with Gasteiger partial charge in [-0.25, -0.2) is 4.79 Å². The molecule has 3 amide bonds. The summed E-state index contributed by atoms with van der Waals surface area (Å²) in [6.07, 6.45) is 0. The first-order chi connectivity index (χ1) is 13.1. The van der Waals surface area contributed by atoms with E-state index in [1.165, 1.54) is 16.9 Å². The van der Waals surface area contributed by atoms with Crippen molar-refractivity contribution >= 4 is 29.1 Å². The van der Waals surface area contributed by atoms with Gasteiger partial charge in [-0.3, -0.25) is 14.5 Å². The van der Waals surface area contributed by atoms with Gasteiger partial charge in [0.2, 0.25) is 0 Å². The first kappa shape index (κ1) is 20.3. The van der Waals surface area contributed by atoms with E-state index in [0.717, 1.165) is 15.3 Å². The van der Waals surface area contributed by atoms with E-state index >= 15 is 0 Å². The number of rotatable bonds is 6. The quantitative estimate of drug-likeness (QED) is 0.569. The molecule has 0 spiro atoms. The van der Waals surface area contributed by atoms with Gasteiger partial charge < -0.3 is 5.32 Å². The second kappa shape index (κ2) is 7.51. The van der Waals surface area contributed by atoms with Gasteiger partial charge in [0.1, 0.15) is 0 Å². The van der Waals surface area contributed by atoms with Gasteiger partial charge in [0.15, 0.2) is 11.3 Å². The van der Waals surface area contributed by atoms with Crippen LogP contribution in [0.2, 0.25) is 0 Å². The van der Waals surface area contributed by atoms with Crippen LogP contribution in [-0.2, 0) is 10.3 Å².